The first-order valence-corrected chi connectivity index (χ1v) is 6.45. The minimum atomic E-state index is 0.296. The van der Waals surface area contributed by atoms with Gasteiger partial charge in [-0.05, 0) is 31.2 Å². The number of benzene rings is 1. The first-order chi connectivity index (χ1) is 7.77. The zero-order valence-corrected chi connectivity index (χ0v) is 10.6. The molecule has 1 aromatic carbocycles. The average Bonchev–Trinajstić information content (AvgIpc) is 2.29. The summed E-state index contributed by atoms with van der Waals surface area (Å²) in [6.07, 6.45) is 5.94. The smallest absolute Gasteiger partial charge is 0.0436 e. The van der Waals surface area contributed by atoms with Gasteiger partial charge in [0.1, 0.15) is 0 Å². The summed E-state index contributed by atoms with van der Waals surface area (Å²) in [6.45, 7) is 4.64. The zero-order chi connectivity index (χ0) is 11.8. The molecule has 0 amide bonds. The molecule has 1 aromatic rings. The highest BCUT2D eigenvalue weighted by atomic mass is 16.3. The Balaban J connectivity index is 2.57. The topological polar surface area (TPSA) is 20.2 Å². The zero-order valence-electron chi connectivity index (χ0n) is 10.6. The van der Waals surface area contributed by atoms with E-state index in [0.717, 1.165) is 6.42 Å². The Morgan fingerprint density at radius 1 is 1.06 bits per heavy atom. The van der Waals surface area contributed by atoms with E-state index in [1.165, 1.54) is 36.8 Å². The molecule has 1 rings (SSSR count). The minimum Gasteiger partial charge on any atom is -0.396 e. The van der Waals surface area contributed by atoms with Crippen LogP contribution in [0.1, 0.15) is 56.1 Å². The van der Waals surface area contributed by atoms with Crippen LogP contribution in [0.25, 0.3) is 0 Å². The average molecular weight is 220 g/mol. The van der Waals surface area contributed by atoms with E-state index in [1.807, 2.05) is 0 Å². The van der Waals surface area contributed by atoms with Crippen molar-refractivity contribution in [2.75, 3.05) is 6.61 Å². The molecule has 0 saturated heterocycles. The van der Waals surface area contributed by atoms with Crippen LogP contribution in [0.2, 0.25) is 0 Å². The molecule has 1 nitrogen and oxygen atoms in total. The molecule has 0 bridgehead atoms. The van der Waals surface area contributed by atoms with E-state index in [4.69, 9.17) is 5.11 Å². The summed E-state index contributed by atoms with van der Waals surface area (Å²) in [5.74, 6) is 0.539. The molecule has 0 aliphatic rings. The molecular formula is C15H24O. The van der Waals surface area contributed by atoms with Crippen LogP contribution < -0.4 is 0 Å². The number of hydrogen-bond acceptors (Lipinski definition) is 1. The lowest BCUT2D eigenvalue weighted by molar-refractivity contribution is 0.271. The molecule has 1 atom stereocenters. The summed E-state index contributed by atoms with van der Waals surface area (Å²) < 4.78 is 0. The van der Waals surface area contributed by atoms with Crippen LogP contribution in [-0.4, -0.2) is 11.7 Å². The Morgan fingerprint density at radius 3 is 2.31 bits per heavy atom. The predicted molar refractivity (Wildman–Crippen MR) is 69.8 cm³/mol. The van der Waals surface area contributed by atoms with Crippen molar-refractivity contribution in [3.8, 4) is 0 Å². The quantitative estimate of drug-likeness (QED) is 0.687. The summed E-state index contributed by atoms with van der Waals surface area (Å²) >= 11 is 0. The first kappa shape index (κ1) is 13.2. The summed E-state index contributed by atoms with van der Waals surface area (Å²) in [4.78, 5) is 0. The normalized spacial score (nSPS) is 12.7. The number of hydrogen-bond donors (Lipinski definition) is 1. The van der Waals surface area contributed by atoms with Crippen molar-refractivity contribution in [3.63, 3.8) is 0 Å². The predicted octanol–water partition coefficient (Wildman–Crippen LogP) is 4.04. The molecule has 0 heterocycles. The molecule has 1 N–H and O–H groups in total. The lowest BCUT2D eigenvalue weighted by Gasteiger charge is -2.16. The van der Waals surface area contributed by atoms with Gasteiger partial charge in [0.15, 0.2) is 0 Å². The molecule has 0 aromatic heterocycles. The van der Waals surface area contributed by atoms with E-state index in [9.17, 15) is 0 Å². The molecule has 0 spiro atoms. The van der Waals surface area contributed by atoms with Crippen molar-refractivity contribution >= 4 is 0 Å². The lowest BCUT2D eigenvalue weighted by Crippen LogP contribution is -2.02. The van der Waals surface area contributed by atoms with Gasteiger partial charge in [0.05, 0.1) is 0 Å². The second-order valence-electron chi connectivity index (χ2n) is 4.62. The number of aliphatic hydroxyl groups excluding tert-OH is 1. The Hall–Kier alpha value is -0.820. The van der Waals surface area contributed by atoms with Crippen LogP contribution in [0, 0.1) is 6.92 Å². The minimum absolute atomic E-state index is 0.296. The van der Waals surface area contributed by atoms with Gasteiger partial charge in [0, 0.05) is 6.61 Å². The van der Waals surface area contributed by atoms with Gasteiger partial charge in [-0.2, -0.15) is 0 Å². The summed E-state index contributed by atoms with van der Waals surface area (Å²) in [5.41, 5.74) is 2.69. The van der Waals surface area contributed by atoms with Crippen molar-refractivity contribution in [2.24, 2.45) is 0 Å². The van der Waals surface area contributed by atoms with Crippen LogP contribution in [0.15, 0.2) is 24.3 Å². The third kappa shape index (κ3) is 4.36. The molecule has 90 valence electrons. The van der Waals surface area contributed by atoms with Crippen molar-refractivity contribution < 1.29 is 5.11 Å². The molecule has 0 saturated carbocycles. The third-order valence-electron chi connectivity index (χ3n) is 3.18. The summed E-state index contributed by atoms with van der Waals surface area (Å²) in [5, 5.41) is 9.11. The van der Waals surface area contributed by atoms with E-state index >= 15 is 0 Å². The van der Waals surface area contributed by atoms with Gasteiger partial charge in [-0.3, -0.25) is 0 Å². The SMILES string of the molecule is CCCCC[C@@H](CCO)c1ccc(C)cc1. The monoisotopic (exact) mass is 220 g/mol. The van der Waals surface area contributed by atoms with Gasteiger partial charge in [0.25, 0.3) is 0 Å². The Morgan fingerprint density at radius 2 is 1.75 bits per heavy atom. The van der Waals surface area contributed by atoms with E-state index < -0.39 is 0 Å². The summed E-state index contributed by atoms with van der Waals surface area (Å²) in [7, 11) is 0. The maximum Gasteiger partial charge on any atom is 0.0436 e. The van der Waals surface area contributed by atoms with Gasteiger partial charge in [-0.15, -0.1) is 0 Å². The second kappa shape index (κ2) is 7.45. The highest BCUT2D eigenvalue weighted by molar-refractivity contribution is 5.24. The maximum atomic E-state index is 9.11. The number of unbranched alkanes of at least 4 members (excludes halogenated alkanes) is 2. The molecule has 0 aliphatic carbocycles. The van der Waals surface area contributed by atoms with Gasteiger partial charge < -0.3 is 5.11 Å². The summed E-state index contributed by atoms with van der Waals surface area (Å²) in [6, 6.07) is 8.75. The van der Waals surface area contributed by atoms with Gasteiger partial charge in [-0.25, -0.2) is 0 Å². The highest BCUT2D eigenvalue weighted by Gasteiger charge is 2.10. The fourth-order valence-electron chi connectivity index (χ4n) is 2.11. The van der Waals surface area contributed by atoms with Crippen molar-refractivity contribution in [3.05, 3.63) is 35.4 Å². The van der Waals surface area contributed by atoms with Gasteiger partial charge >= 0.3 is 0 Å². The van der Waals surface area contributed by atoms with Crippen LogP contribution in [0.5, 0.6) is 0 Å². The van der Waals surface area contributed by atoms with Crippen molar-refractivity contribution in [2.45, 2.75) is 51.9 Å². The van der Waals surface area contributed by atoms with E-state index in [-0.39, 0.29) is 0 Å². The highest BCUT2D eigenvalue weighted by Crippen LogP contribution is 2.25. The Kier molecular flexibility index (Phi) is 6.17. The van der Waals surface area contributed by atoms with Gasteiger partial charge in [0.2, 0.25) is 0 Å². The molecule has 0 radical (unpaired) electrons. The number of aryl methyl sites for hydroxylation is 1. The first-order valence-electron chi connectivity index (χ1n) is 6.45. The van der Waals surface area contributed by atoms with E-state index in [0.29, 0.717) is 12.5 Å². The standard InChI is InChI=1S/C15H24O/c1-3-4-5-6-14(11-12-16)15-9-7-13(2)8-10-15/h7-10,14,16H,3-6,11-12H2,1-2H3/t14-/m0/s1. The van der Waals surface area contributed by atoms with E-state index in [2.05, 4.69) is 38.1 Å². The Labute approximate surface area is 99.5 Å². The molecule has 0 fully saturated rings. The van der Waals surface area contributed by atoms with Crippen LogP contribution in [-0.2, 0) is 0 Å². The largest absolute Gasteiger partial charge is 0.396 e. The third-order valence-corrected chi connectivity index (χ3v) is 3.18. The number of aliphatic hydroxyl groups is 1. The van der Waals surface area contributed by atoms with Crippen molar-refractivity contribution in [1.29, 1.82) is 0 Å². The second-order valence-corrected chi connectivity index (χ2v) is 4.62. The van der Waals surface area contributed by atoms with Crippen LogP contribution in [0.3, 0.4) is 0 Å². The lowest BCUT2D eigenvalue weighted by atomic mass is 9.90. The van der Waals surface area contributed by atoms with Crippen LogP contribution in [0.4, 0.5) is 0 Å². The molecular weight excluding hydrogens is 196 g/mol. The Bertz CT molecular complexity index is 276. The number of rotatable bonds is 7. The molecule has 1 heteroatoms. The fraction of sp³-hybridized carbons (Fsp3) is 0.600. The maximum absolute atomic E-state index is 9.11. The van der Waals surface area contributed by atoms with E-state index in [1.54, 1.807) is 0 Å². The fourth-order valence-corrected chi connectivity index (χ4v) is 2.11. The van der Waals surface area contributed by atoms with Gasteiger partial charge in [-0.1, -0.05) is 56.0 Å². The molecule has 16 heavy (non-hydrogen) atoms. The molecule has 0 unspecified atom stereocenters. The van der Waals surface area contributed by atoms with Crippen molar-refractivity contribution in [1.82, 2.24) is 0 Å². The molecule has 0 aliphatic heterocycles. The van der Waals surface area contributed by atoms with Crippen LogP contribution >= 0.6 is 0 Å².